The Hall–Kier alpha value is -0.850. The van der Waals surface area contributed by atoms with Gasteiger partial charge in [-0.25, -0.2) is 0 Å². The minimum atomic E-state index is -4.17. The highest BCUT2D eigenvalue weighted by Gasteiger charge is 2.42. The van der Waals surface area contributed by atoms with Crippen LogP contribution in [-0.4, -0.2) is 35.1 Å². The molecule has 1 atom stereocenters. The van der Waals surface area contributed by atoms with Crippen LogP contribution in [0.5, 0.6) is 0 Å². The third kappa shape index (κ3) is 4.06. The van der Waals surface area contributed by atoms with E-state index >= 15 is 0 Å². The summed E-state index contributed by atoms with van der Waals surface area (Å²) in [6.07, 6.45) is -4.26. The molecule has 0 aliphatic carbocycles. The van der Waals surface area contributed by atoms with Gasteiger partial charge in [-0.05, 0) is 18.8 Å². The number of thiocarbonyl (C=S) groups is 1. The molecular weight excluding hydrogens is 277 g/mol. The van der Waals surface area contributed by atoms with Crippen molar-refractivity contribution in [3.05, 3.63) is 0 Å². The van der Waals surface area contributed by atoms with Crippen molar-refractivity contribution in [3.63, 3.8) is 0 Å². The Kier molecular flexibility index (Phi) is 5.18. The second-order valence-corrected chi connectivity index (χ2v) is 5.74. The average Bonchev–Trinajstić information content (AvgIpc) is 2.27. The van der Waals surface area contributed by atoms with E-state index in [1.807, 2.05) is 13.8 Å². The fraction of sp³-hybridized carbons (Fsp3) is 0.833. The molecule has 1 unspecified atom stereocenters. The summed E-state index contributed by atoms with van der Waals surface area (Å²) in [7, 11) is 0. The molecule has 1 aliphatic heterocycles. The highest BCUT2D eigenvalue weighted by Crippen LogP contribution is 2.34. The summed E-state index contributed by atoms with van der Waals surface area (Å²) in [4.78, 5) is 13.8. The molecular formula is C12H19F3N2OS. The van der Waals surface area contributed by atoms with Gasteiger partial charge in [-0.1, -0.05) is 26.1 Å². The quantitative estimate of drug-likeness (QED) is 0.813. The zero-order valence-corrected chi connectivity index (χ0v) is 11.9. The first kappa shape index (κ1) is 16.2. The third-order valence-electron chi connectivity index (χ3n) is 3.51. The Morgan fingerprint density at radius 1 is 1.32 bits per heavy atom. The summed E-state index contributed by atoms with van der Waals surface area (Å²) >= 11 is 4.87. The molecule has 0 aromatic heterocycles. The van der Waals surface area contributed by atoms with E-state index in [0.29, 0.717) is 0 Å². The highest BCUT2D eigenvalue weighted by molar-refractivity contribution is 7.80. The third-order valence-corrected chi connectivity index (χ3v) is 3.76. The van der Waals surface area contributed by atoms with Crippen LogP contribution in [0.15, 0.2) is 0 Å². The maximum Gasteiger partial charge on any atom is 0.391 e. The molecule has 2 N–H and O–H groups in total. The first-order chi connectivity index (χ1) is 8.64. The average molecular weight is 296 g/mol. The number of carbonyl (C=O) groups excluding carboxylic acids is 1. The minimum absolute atomic E-state index is 0.0443. The number of nitrogens with zero attached hydrogens (tertiary/aromatic N) is 1. The van der Waals surface area contributed by atoms with E-state index in [2.05, 4.69) is 0 Å². The molecule has 0 saturated carbocycles. The van der Waals surface area contributed by atoms with Crippen molar-refractivity contribution in [2.24, 2.45) is 23.5 Å². The molecule has 1 heterocycles. The molecule has 3 nitrogen and oxygen atoms in total. The summed E-state index contributed by atoms with van der Waals surface area (Å²) in [6, 6.07) is 0. The van der Waals surface area contributed by atoms with Crippen molar-refractivity contribution in [2.45, 2.75) is 32.9 Å². The summed E-state index contributed by atoms with van der Waals surface area (Å²) in [6.45, 7) is 3.89. The van der Waals surface area contributed by atoms with Crippen LogP contribution in [-0.2, 0) is 4.79 Å². The molecule has 1 fully saturated rings. The second-order valence-electron chi connectivity index (χ2n) is 5.27. The molecule has 0 aromatic rings. The number of hydrogen-bond acceptors (Lipinski definition) is 2. The lowest BCUT2D eigenvalue weighted by Crippen LogP contribution is -2.48. The van der Waals surface area contributed by atoms with Crippen LogP contribution in [0.1, 0.15) is 26.7 Å². The van der Waals surface area contributed by atoms with Crippen molar-refractivity contribution >= 4 is 23.1 Å². The van der Waals surface area contributed by atoms with Crippen molar-refractivity contribution in [1.82, 2.24) is 4.90 Å². The summed E-state index contributed by atoms with van der Waals surface area (Å²) in [5, 5.41) is 0. The molecule has 0 spiro atoms. The molecule has 1 saturated heterocycles. The predicted octanol–water partition coefficient (Wildman–Crippen LogP) is 2.35. The van der Waals surface area contributed by atoms with Gasteiger partial charge in [-0.3, -0.25) is 4.79 Å². The Morgan fingerprint density at radius 2 is 1.79 bits per heavy atom. The van der Waals surface area contributed by atoms with E-state index in [1.54, 1.807) is 0 Å². The number of carbonyl (C=O) groups is 1. The van der Waals surface area contributed by atoms with Crippen LogP contribution in [0.2, 0.25) is 0 Å². The monoisotopic (exact) mass is 296 g/mol. The Morgan fingerprint density at radius 3 is 2.11 bits per heavy atom. The maximum atomic E-state index is 12.5. The van der Waals surface area contributed by atoms with Gasteiger partial charge in [-0.15, -0.1) is 0 Å². The SMILES string of the molecule is CC(C)C(C(=O)N1CCC(C(F)(F)F)CC1)C(N)=S. The first-order valence-corrected chi connectivity index (χ1v) is 6.70. The number of alkyl halides is 3. The number of rotatable bonds is 3. The van der Waals surface area contributed by atoms with Crippen molar-refractivity contribution < 1.29 is 18.0 Å². The first-order valence-electron chi connectivity index (χ1n) is 6.29. The van der Waals surface area contributed by atoms with Gasteiger partial charge in [0.2, 0.25) is 5.91 Å². The summed E-state index contributed by atoms with van der Waals surface area (Å²) in [5.41, 5.74) is 5.55. The van der Waals surface area contributed by atoms with Crippen LogP contribution in [0.3, 0.4) is 0 Å². The van der Waals surface area contributed by atoms with Crippen molar-refractivity contribution in [2.75, 3.05) is 13.1 Å². The second kappa shape index (κ2) is 6.07. The number of halogens is 3. The Bertz CT molecular complexity index is 349. The van der Waals surface area contributed by atoms with Gasteiger partial charge in [0.05, 0.1) is 16.8 Å². The molecule has 1 rings (SSSR count). The normalized spacial score (nSPS) is 19.6. The van der Waals surface area contributed by atoms with Crippen LogP contribution in [0.25, 0.3) is 0 Å². The Labute approximate surface area is 116 Å². The lowest BCUT2D eigenvalue weighted by atomic mass is 9.91. The summed E-state index contributed by atoms with van der Waals surface area (Å²) < 4.78 is 37.6. The van der Waals surface area contributed by atoms with Gasteiger partial charge in [-0.2, -0.15) is 13.2 Å². The van der Waals surface area contributed by atoms with Gasteiger partial charge >= 0.3 is 6.18 Å². The van der Waals surface area contributed by atoms with E-state index in [0.717, 1.165) is 0 Å². The number of nitrogens with two attached hydrogens (primary N) is 1. The standard InChI is InChI=1S/C12H19F3N2OS/c1-7(2)9(10(16)19)11(18)17-5-3-8(4-6-17)12(13,14)15/h7-9H,3-6H2,1-2H3,(H2,16,19). The smallest absolute Gasteiger partial charge is 0.391 e. The van der Waals surface area contributed by atoms with Crippen molar-refractivity contribution in [1.29, 1.82) is 0 Å². The highest BCUT2D eigenvalue weighted by atomic mass is 32.1. The number of piperidine rings is 1. The van der Waals surface area contributed by atoms with Gasteiger partial charge < -0.3 is 10.6 Å². The van der Waals surface area contributed by atoms with Crippen molar-refractivity contribution in [3.8, 4) is 0 Å². The maximum absolute atomic E-state index is 12.5. The van der Waals surface area contributed by atoms with E-state index in [-0.39, 0.29) is 42.7 Å². The minimum Gasteiger partial charge on any atom is -0.393 e. The molecule has 1 amide bonds. The number of amides is 1. The van der Waals surface area contributed by atoms with E-state index in [4.69, 9.17) is 18.0 Å². The molecule has 0 radical (unpaired) electrons. The van der Waals surface area contributed by atoms with Crippen LogP contribution in [0.4, 0.5) is 13.2 Å². The molecule has 7 heteroatoms. The molecule has 0 bridgehead atoms. The lowest BCUT2D eigenvalue weighted by molar-refractivity contribution is -0.186. The lowest BCUT2D eigenvalue weighted by Gasteiger charge is -2.35. The number of hydrogen-bond donors (Lipinski definition) is 1. The summed E-state index contributed by atoms with van der Waals surface area (Å²) in [5.74, 6) is -2.19. The fourth-order valence-electron chi connectivity index (χ4n) is 2.36. The van der Waals surface area contributed by atoms with Crippen LogP contribution in [0, 0.1) is 17.8 Å². The zero-order chi connectivity index (χ0) is 14.8. The van der Waals surface area contributed by atoms with E-state index < -0.39 is 18.0 Å². The fourth-order valence-corrected chi connectivity index (χ4v) is 2.73. The van der Waals surface area contributed by atoms with Gasteiger partial charge in [0.25, 0.3) is 0 Å². The van der Waals surface area contributed by atoms with Gasteiger partial charge in [0, 0.05) is 13.1 Å². The largest absolute Gasteiger partial charge is 0.393 e. The van der Waals surface area contributed by atoms with Crippen LogP contribution >= 0.6 is 12.2 Å². The van der Waals surface area contributed by atoms with E-state index in [1.165, 1.54) is 4.90 Å². The van der Waals surface area contributed by atoms with Gasteiger partial charge in [0.1, 0.15) is 0 Å². The van der Waals surface area contributed by atoms with E-state index in [9.17, 15) is 18.0 Å². The van der Waals surface area contributed by atoms with Crippen LogP contribution < -0.4 is 5.73 Å². The molecule has 110 valence electrons. The zero-order valence-electron chi connectivity index (χ0n) is 11.0. The van der Waals surface area contributed by atoms with Gasteiger partial charge in [0.15, 0.2) is 0 Å². The predicted molar refractivity (Wildman–Crippen MR) is 70.5 cm³/mol. The molecule has 0 aromatic carbocycles. The topological polar surface area (TPSA) is 46.3 Å². The molecule has 1 aliphatic rings. The Balaban J connectivity index is 2.65. The molecule has 19 heavy (non-hydrogen) atoms. The number of likely N-dealkylation sites (tertiary alicyclic amines) is 1.